The van der Waals surface area contributed by atoms with Crippen LogP contribution in [0.1, 0.15) is 78.6 Å². The number of guanidine groups is 2. The van der Waals surface area contributed by atoms with Crippen molar-refractivity contribution in [1.29, 1.82) is 0 Å². The van der Waals surface area contributed by atoms with Gasteiger partial charge < -0.3 is 36.1 Å². The molecule has 0 heterocycles. The van der Waals surface area contributed by atoms with Crippen LogP contribution in [0.5, 0.6) is 0 Å². The molecule has 1 amide bonds. The van der Waals surface area contributed by atoms with E-state index in [1.54, 1.807) is 19.0 Å². The zero-order chi connectivity index (χ0) is 30.3. The number of hydrogen-bond acceptors (Lipinski definition) is 6. The highest BCUT2D eigenvalue weighted by atomic mass is 16.6. The molecule has 232 valence electrons. The van der Waals surface area contributed by atoms with Crippen LogP contribution >= 0.6 is 0 Å². The van der Waals surface area contributed by atoms with Crippen molar-refractivity contribution in [2.45, 2.75) is 96.9 Å². The summed E-state index contributed by atoms with van der Waals surface area (Å²) in [6, 6.07) is 0. The number of aliphatic hydroxyl groups is 2. The second-order valence-electron chi connectivity index (χ2n) is 13.8. The third kappa shape index (κ3) is 5.94. The molecule has 6 N–H and O–H groups in total. The Morgan fingerprint density at radius 3 is 2.41 bits per heavy atom. The van der Waals surface area contributed by atoms with E-state index < -0.39 is 18.3 Å². The highest BCUT2D eigenvalue weighted by molar-refractivity contribution is 5.97. The quantitative estimate of drug-likeness (QED) is 0.218. The maximum absolute atomic E-state index is 12.5. The van der Waals surface area contributed by atoms with Crippen molar-refractivity contribution in [3.05, 3.63) is 0 Å². The van der Waals surface area contributed by atoms with Crippen molar-refractivity contribution in [3.63, 3.8) is 0 Å². The third-order valence-corrected chi connectivity index (χ3v) is 11.7. The first kappa shape index (κ1) is 31.5. The van der Waals surface area contributed by atoms with E-state index in [1.165, 1.54) is 7.11 Å². The van der Waals surface area contributed by atoms with E-state index in [0.29, 0.717) is 38.0 Å². The van der Waals surface area contributed by atoms with Gasteiger partial charge in [-0.05, 0) is 97.7 Å². The van der Waals surface area contributed by atoms with Gasteiger partial charge in [0.05, 0.1) is 19.3 Å². The number of nitrogens with two attached hydrogens (primary N) is 2. The minimum absolute atomic E-state index is 0.0591. The van der Waals surface area contributed by atoms with Gasteiger partial charge in [-0.15, -0.1) is 4.99 Å². The van der Waals surface area contributed by atoms with E-state index in [-0.39, 0.29) is 64.4 Å². The Bertz CT molecular complexity index is 1050. The lowest BCUT2D eigenvalue weighted by molar-refractivity contribution is -0.206. The van der Waals surface area contributed by atoms with Gasteiger partial charge in [0.15, 0.2) is 5.96 Å². The molecule has 0 aromatic heterocycles. The topological polar surface area (TPSA) is 173 Å². The van der Waals surface area contributed by atoms with Crippen molar-refractivity contribution in [3.8, 4) is 0 Å². The highest BCUT2D eigenvalue weighted by Crippen LogP contribution is 2.68. The second kappa shape index (κ2) is 12.1. The molecule has 0 aromatic rings. The first-order chi connectivity index (χ1) is 19.2. The molecule has 4 fully saturated rings. The van der Waals surface area contributed by atoms with Crippen molar-refractivity contribution in [1.82, 2.24) is 4.90 Å². The molecule has 4 aliphatic rings. The van der Waals surface area contributed by atoms with Crippen LogP contribution in [0, 0.1) is 46.3 Å². The lowest BCUT2D eigenvalue weighted by Gasteiger charge is -2.63. The number of aliphatic imine (C=N–C) groups is 2. The Kier molecular flexibility index (Phi) is 9.28. The summed E-state index contributed by atoms with van der Waals surface area (Å²) < 4.78 is 10.5. The summed E-state index contributed by atoms with van der Waals surface area (Å²) in [6.45, 7) is 6.73. The molecule has 1 unspecified atom stereocenters. The van der Waals surface area contributed by atoms with Crippen molar-refractivity contribution in [2.24, 2.45) is 67.8 Å². The van der Waals surface area contributed by atoms with Crippen molar-refractivity contribution >= 4 is 24.0 Å². The number of aliphatic hydroxyl groups excluding tert-OH is 2. The van der Waals surface area contributed by atoms with Crippen LogP contribution in [0.25, 0.3) is 0 Å². The molecule has 4 aliphatic carbocycles. The SMILES string of the molecule is COC(=O)CCC(C)[C@H]1CC[C@H]2[C@@H]3[C@H](O)C[C@@H]4C[C@H](OC(=O)/N=C(N)/N=C(\N)N(C)C)CC[C@]4(C)[C@H]3C[C@H](O)[C@]12C. The summed E-state index contributed by atoms with van der Waals surface area (Å²) in [4.78, 5) is 33.4. The van der Waals surface area contributed by atoms with Gasteiger partial charge in [0.25, 0.3) is 0 Å². The molecular weight excluding hydrogens is 526 g/mol. The molecule has 0 radical (unpaired) electrons. The number of carbonyl (C=O) groups excluding carboxylic acids is 2. The Hall–Kier alpha value is -2.40. The molecule has 11 heteroatoms. The van der Waals surface area contributed by atoms with E-state index in [9.17, 15) is 19.8 Å². The Morgan fingerprint density at radius 2 is 1.76 bits per heavy atom. The molecule has 4 saturated carbocycles. The number of amides is 1. The van der Waals surface area contributed by atoms with Crippen LogP contribution < -0.4 is 11.5 Å². The number of ether oxygens (including phenoxy) is 2. The number of fused-ring (bicyclic) bond motifs is 5. The summed E-state index contributed by atoms with van der Waals surface area (Å²) in [5.74, 6) is 0.992. The molecule has 0 saturated heterocycles. The van der Waals surface area contributed by atoms with E-state index >= 15 is 0 Å². The largest absolute Gasteiger partial charge is 0.469 e. The number of methoxy groups -OCH3 is 1. The standard InChI is InChI=1S/C30H51N5O6/c1-16(7-10-24(38)40-6)19-8-9-20-25-21(15-23(37)30(19,20)3)29(2)12-11-18(13-17(29)14-22(25)36)41-28(39)34-26(31)33-27(32)35(4)5/h16-23,25,36-37H,7-15H2,1-6H3,(H4,31,32,33,34,39)/t16?,17-,18+,19+,20-,21-,22+,23-,25-,29-,30+/m0/s1. The first-order valence-electron chi connectivity index (χ1n) is 15.2. The molecule has 4 rings (SSSR count). The van der Waals surface area contributed by atoms with Gasteiger partial charge >= 0.3 is 12.1 Å². The average molecular weight is 578 g/mol. The molecule has 0 aliphatic heterocycles. The number of carbonyl (C=O) groups is 2. The van der Waals surface area contributed by atoms with E-state index in [0.717, 1.165) is 25.7 Å². The maximum atomic E-state index is 12.5. The monoisotopic (exact) mass is 577 g/mol. The summed E-state index contributed by atoms with van der Waals surface area (Å²) in [6.07, 6.45) is 4.60. The van der Waals surface area contributed by atoms with Crippen LogP contribution in [0.2, 0.25) is 0 Å². The molecule has 0 aromatic carbocycles. The number of hydrogen-bond donors (Lipinski definition) is 4. The summed E-state index contributed by atoms with van der Waals surface area (Å²) in [5.41, 5.74) is 11.1. The van der Waals surface area contributed by atoms with E-state index in [1.807, 2.05) is 0 Å². The number of rotatable bonds is 5. The Morgan fingerprint density at radius 1 is 1.05 bits per heavy atom. The van der Waals surface area contributed by atoms with Crippen LogP contribution in [-0.2, 0) is 14.3 Å². The summed E-state index contributed by atoms with van der Waals surface area (Å²) in [5, 5.41) is 23.4. The number of esters is 1. The fourth-order valence-electron chi connectivity index (χ4n) is 9.38. The van der Waals surface area contributed by atoms with Crippen molar-refractivity contribution in [2.75, 3.05) is 21.2 Å². The zero-order valence-corrected chi connectivity index (χ0v) is 25.6. The van der Waals surface area contributed by atoms with Gasteiger partial charge in [0.1, 0.15) is 6.10 Å². The molecule has 0 spiro atoms. The van der Waals surface area contributed by atoms with Gasteiger partial charge in [-0.2, -0.15) is 4.99 Å². The second-order valence-corrected chi connectivity index (χ2v) is 13.8. The fraction of sp³-hybridized carbons (Fsp3) is 0.867. The van der Waals surface area contributed by atoms with Crippen molar-refractivity contribution < 1.29 is 29.3 Å². The average Bonchev–Trinajstić information content (AvgIpc) is 3.26. The zero-order valence-electron chi connectivity index (χ0n) is 25.6. The van der Waals surface area contributed by atoms with Gasteiger partial charge in [0.2, 0.25) is 5.96 Å². The summed E-state index contributed by atoms with van der Waals surface area (Å²) in [7, 11) is 4.83. The fourth-order valence-corrected chi connectivity index (χ4v) is 9.38. The van der Waals surface area contributed by atoms with Crippen LogP contribution in [0.4, 0.5) is 4.79 Å². The van der Waals surface area contributed by atoms with Crippen LogP contribution in [0.15, 0.2) is 9.98 Å². The summed E-state index contributed by atoms with van der Waals surface area (Å²) >= 11 is 0. The first-order valence-corrected chi connectivity index (χ1v) is 15.2. The van der Waals surface area contributed by atoms with E-state index in [2.05, 4.69) is 30.8 Å². The lowest BCUT2D eigenvalue weighted by atomic mass is 9.43. The minimum Gasteiger partial charge on any atom is -0.469 e. The van der Waals surface area contributed by atoms with Gasteiger partial charge in [0, 0.05) is 20.5 Å². The van der Waals surface area contributed by atoms with Gasteiger partial charge in [-0.3, -0.25) is 4.79 Å². The molecule has 11 nitrogen and oxygen atoms in total. The Balaban J connectivity index is 1.45. The smallest absolute Gasteiger partial charge is 0.437 e. The predicted molar refractivity (Wildman–Crippen MR) is 156 cm³/mol. The van der Waals surface area contributed by atoms with E-state index in [4.69, 9.17) is 20.9 Å². The maximum Gasteiger partial charge on any atom is 0.437 e. The lowest BCUT2D eigenvalue weighted by Crippen LogP contribution is -2.62. The molecule has 11 atom stereocenters. The van der Waals surface area contributed by atoms with Gasteiger partial charge in [-0.25, -0.2) is 4.79 Å². The van der Waals surface area contributed by atoms with Gasteiger partial charge in [-0.1, -0.05) is 20.8 Å². The van der Waals surface area contributed by atoms with Crippen LogP contribution in [-0.4, -0.2) is 78.6 Å². The Labute approximate surface area is 244 Å². The molecule has 0 bridgehead atoms. The third-order valence-electron chi connectivity index (χ3n) is 11.7. The predicted octanol–water partition coefficient (Wildman–Crippen LogP) is 2.87. The number of nitrogens with zero attached hydrogens (tertiary/aromatic N) is 3. The highest BCUT2D eigenvalue weighted by Gasteiger charge is 2.65. The molecular formula is C30H51N5O6. The normalized spacial score (nSPS) is 41.5. The minimum atomic E-state index is -0.789. The van der Waals surface area contributed by atoms with Crippen LogP contribution in [0.3, 0.4) is 0 Å². The molecule has 41 heavy (non-hydrogen) atoms.